The molecule has 2 aromatic carbocycles. The summed E-state index contributed by atoms with van der Waals surface area (Å²) in [6, 6.07) is 15.8. The van der Waals surface area contributed by atoms with Gasteiger partial charge in [-0.25, -0.2) is 0 Å². The summed E-state index contributed by atoms with van der Waals surface area (Å²) in [6.45, 7) is 8.12. The van der Waals surface area contributed by atoms with Gasteiger partial charge in [-0.1, -0.05) is 42.1 Å². The molecule has 32 heavy (non-hydrogen) atoms. The van der Waals surface area contributed by atoms with E-state index in [9.17, 15) is 4.79 Å². The summed E-state index contributed by atoms with van der Waals surface area (Å²) < 4.78 is 12.8. The van der Waals surface area contributed by atoms with Gasteiger partial charge in [-0.05, 0) is 39.8 Å². The Kier molecular flexibility index (Phi) is 7.80. The van der Waals surface area contributed by atoms with Crippen LogP contribution < -0.4 is 9.47 Å². The molecule has 0 bridgehead atoms. The number of methoxy groups -OCH3 is 2. The van der Waals surface area contributed by atoms with Crippen molar-refractivity contribution in [3.8, 4) is 28.6 Å². The summed E-state index contributed by atoms with van der Waals surface area (Å²) in [4.78, 5) is 14.8. The predicted octanol–water partition coefficient (Wildman–Crippen LogP) is 4.69. The molecular formula is C24H30N4O3S. The largest absolute Gasteiger partial charge is 0.493 e. The number of ether oxygens (including phenoxy) is 2. The fraction of sp³-hybridized carbons (Fsp3) is 0.375. The van der Waals surface area contributed by atoms with Crippen LogP contribution in [0.25, 0.3) is 17.1 Å². The summed E-state index contributed by atoms with van der Waals surface area (Å²) in [6.07, 6.45) is 0. The molecule has 0 aliphatic rings. The molecule has 8 heteroatoms. The molecular weight excluding hydrogens is 424 g/mol. The molecule has 0 radical (unpaired) electrons. The van der Waals surface area contributed by atoms with Gasteiger partial charge in [0, 0.05) is 23.7 Å². The third-order valence-corrected chi connectivity index (χ3v) is 5.93. The molecule has 0 saturated heterocycles. The molecule has 0 spiro atoms. The van der Waals surface area contributed by atoms with Crippen LogP contribution in [0.4, 0.5) is 0 Å². The highest BCUT2D eigenvalue weighted by molar-refractivity contribution is 7.99. The molecule has 1 amide bonds. The molecule has 1 heterocycles. The maximum absolute atomic E-state index is 12.9. The molecule has 0 fully saturated rings. The Bertz CT molecular complexity index is 1040. The van der Waals surface area contributed by atoms with Crippen molar-refractivity contribution in [2.24, 2.45) is 0 Å². The number of thioether (sulfide) groups is 1. The quantitative estimate of drug-likeness (QED) is 0.437. The second kappa shape index (κ2) is 10.5. The van der Waals surface area contributed by atoms with E-state index >= 15 is 0 Å². The van der Waals surface area contributed by atoms with Gasteiger partial charge in [0.15, 0.2) is 22.5 Å². The van der Waals surface area contributed by atoms with Gasteiger partial charge in [0.05, 0.1) is 25.7 Å². The fourth-order valence-electron chi connectivity index (χ4n) is 3.71. The zero-order valence-corrected chi connectivity index (χ0v) is 20.2. The van der Waals surface area contributed by atoms with Gasteiger partial charge in [0.25, 0.3) is 0 Å². The number of nitrogens with zero attached hydrogens (tertiary/aromatic N) is 4. The molecule has 0 aliphatic heterocycles. The maximum atomic E-state index is 12.9. The van der Waals surface area contributed by atoms with Crippen molar-refractivity contribution >= 4 is 17.7 Å². The highest BCUT2D eigenvalue weighted by Gasteiger charge is 2.23. The van der Waals surface area contributed by atoms with Gasteiger partial charge < -0.3 is 14.4 Å². The number of carbonyl (C=O) groups is 1. The van der Waals surface area contributed by atoms with Gasteiger partial charge in [-0.15, -0.1) is 10.2 Å². The second-order valence-corrected chi connectivity index (χ2v) is 8.77. The van der Waals surface area contributed by atoms with Gasteiger partial charge in [0.2, 0.25) is 5.91 Å². The number of carbonyl (C=O) groups excluding carboxylic acids is 1. The van der Waals surface area contributed by atoms with Crippen LogP contribution in [0.2, 0.25) is 0 Å². The third-order valence-electron chi connectivity index (χ3n) is 5.02. The monoisotopic (exact) mass is 454 g/mol. The molecule has 0 aliphatic carbocycles. The van der Waals surface area contributed by atoms with E-state index in [4.69, 9.17) is 9.47 Å². The lowest BCUT2D eigenvalue weighted by Crippen LogP contribution is -2.43. The molecule has 7 nitrogen and oxygen atoms in total. The number of hydrogen-bond donors (Lipinski definition) is 0. The standard InChI is InChI=1S/C24H30N4O3S/c1-16(2)27(17(3)4)22(29)15-32-24-26-25-23(18-10-8-7-9-11-18)28(24)19-12-13-20(30-5)21(14-19)31-6/h7-14,16-17H,15H2,1-6H3. The van der Waals surface area contributed by atoms with Crippen LogP contribution >= 0.6 is 11.8 Å². The normalized spacial score (nSPS) is 11.1. The molecule has 0 N–H and O–H groups in total. The van der Waals surface area contributed by atoms with E-state index in [0.29, 0.717) is 22.5 Å². The third kappa shape index (κ3) is 5.07. The molecule has 0 unspecified atom stereocenters. The number of amides is 1. The van der Waals surface area contributed by atoms with Gasteiger partial charge >= 0.3 is 0 Å². The minimum atomic E-state index is 0.0723. The smallest absolute Gasteiger partial charge is 0.233 e. The minimum Gasteiger partial charge on any atom is -0.493 e. The van der Waals surface area contributed by atoms with Gasteiger partial charge in [-0.3, -0.25) is 9.36 Å². The van der Waals surface area contributed by atoms with Crippen LogP contribution in [-0.4, -0.2) is 57.6 Å². The first-order chi connectivity index (χ1) is 15.4. The van der Waals surface area contributed by atoms with Crippen molar-refractivity contribution in [2.75, 3.05) is 20.0 Å². The van der Waals surface area contributed by atoms with Crippen LogP contribution in [0, 0.1) is 0 Å². The lowest BCUT2D eigenvalue weighted by molar-refractivity contribution is -0.131. The van der Waals surface area contributed by atoms with E-state index in [1.54, 1.807) is 14.2 Å². The lowest BCUT2D eigenvalue weighted by atomic mass is 10.2. The Morgan fingerprint density at radius 3 is 2.22 bits per heavy atom. The molecule has 1 aromatic heterocycles. The number of rotatable bonds is 9. The van der Waals surface area contributed by atoms with Crippen LogP contribution in [0.1, 0.15) is 27.7 Å². The van der Waals surface area contributed by atoms with Crippen molar-refractivity contribution in [1.82, 2.24) is 19.7 Å². The first-order valence-corrected chi connectivity index (χ1v) is 11.5. The van der Waals surface area contributed by atoms with Crippen molar-refractivity contribution < 1.29 is 14.3 Å². The average Bonchev–Trinajstić information content (AvgIpc) is 3.21. The highest BCUT2D eigenvalue weighted by Crippen LogP contribution is 2.33. The lowest BCUT2D eigenvalue weighted by Gasteiger charge is -2.30. The minimum absolute atomic E-state index is 0.0723. The molecule has 0 saturated carbocycles. The fourth-order valence-corrected chi connectivity index (χ4v) is 4.53. The van der Waals surface area contributed by atoms with E-state index in [2.05, 4.69) is 10.2 Å². The molecule has 170 valence electrons. The van der Waals surface area contributed by atoms with Gasteiger partial charge in [0.1, 0.15) is 0 Å². The average molecular weight is 455 g/mol. The molecule has 3 aromatic rings. The maximum Gasteiger partial charge on any atom is 0.233 e. The second-order valence-electron chi connectivity index (χ2n) is 7.82. The van der Waals surface area contributed by atoms with E-state index in [1.807, 2.05) is 85.7 Å². The van der Waals surface area contributed by atoms with E-state index in [0.717, 1.165) is 11.3 Å². The number of aromatic nitrogens is 3. The first kappa shape index (κ1) is 23.7. The summed E-state index contributed by atoms with van der Waals surface area (Å²) in [5.74, 6) is 2.28. The number of hydrogen-bond acceptors (Lipinski definition) is 6. The predicted molar refractivity (Wildman–Crippen MR) is 128 cm³/mol. The van der Waals surface area contributed by atoms with Crippen molar-refractivity contribution in [2.45, 2.75) is 44.9 Å². The summed E-state index contributed by atoms with van der Waals surface area (Å²) in [5, 5.41) is 9.51. The Balaban J connectivity index is 2.01. The topological polar surface area (TPSA) is 69.5 Å². The van der Waals surface area contributed by atoms with Crippen LogP contribution in [-0.2, 0) is 4.79 Å². The van der Waals surface area contributed by atoms with E-state index in [-0.39, 0.29) is 23.7 Å². The SMILES string of the molecule is COc1ccc(-n2c(SCC(=O)N(C(C)C)C(C)C)nnc2-c2ccccc2)cc1OC. The Labute approximate surface area is 193 Å². The van der Waals surface area contributed by atoms with Crippen LogP contribution in [0.15, 0.2) is 53.7 Å². The van der Waals surface area contributed by atoms with Crippen molar-refractivity contribution in [3.63, 3.8) is 0 Å². The van der Waals surface area contributed by atoms with Crippen molar-refractivity contribution in [1.29, 1.82) is 0 Å². The van der Waals surface area contributed by atoms with E-state index < -0.39 is 0 Å². The summed E-state index contributed by atoms with van der Waals surface area (Å²) >= 11 is 1.38. The molecule has 3 rings (SSSR count). The summed E-state index contributed by atoms with van der Waals surface area (Å²) in [7, 11) is 3.21. The zero-order chi connectivity index (χ0) is 23.3. The Hall–Kier alpha value is -3.00. The van der Waals surface area contributed by atoms with E-state index in [1.165, 1.54) is 11.8 Å². The number of benzene rings is 2. The highest BCUT2D eigenvalue weighted by atomic mass is 32.2. The molecule has 0 atom stereocenters. The van der Waals surface area contributed by atoms with Gasteiger partial charge in [-0.2, -0.15) is 0 Å². The zero-order valence-electron chi connectivity index (χ0n) is 19.4. The van der Waals surface area contributed by atoms with Crippen LogP contribution in [0.5, 0.6) is 11.5 Å². The Morgan fingerprint density at radius 1 is 0.969 bits per heavy atom. The Morgan fingerprint density at radius 2 is 1.62 bits per heavy atom. The first-order valence-electron chi connectivity index (χ1n) is 10.5. The van der Waals surface area contributed by atoms with Crippen LogP contribution in [0.3, 0.4) is 0 Å². The summed E-state index contributed by atoms with van der Waals surface area (Å²) in [5.41, 5.74) is 1.75. The van der Waals surface area contributed by atoms with Crippen molar-refractivity contribution in [3.05, 3.63) is 48.5 Å².